The van der Waals surface area contributed by atoms with Crippen LogP contribution in [0.4, 0.5) is 0 Å². The molecular formula is C9H9. The molecule has 0 spiro atoms. The third-order valence-electron chi connectivity index (χ3n) is 1.11. The Morgan fingerprint density at radius 1 is 1.33 bits per heavy atom. The van der Waals surface area contributed by atoms with Crippen LogP contribution < -0.4 is 0 Å². The zero-order valence-electron chi connectivity index (χ0n) is 5.35. The maximum Gasteiger partial charge on any atom is 0.0187 e. The van der Waals surface area contributed by atoms with Crippen LogP contribution in [0.15, 0.2) is 36.5 Å². The first-order chi connectivity index (χ1) is 4.18. The topological polar surface area (TPSA) is 0 Å². The van der Waals surface area contributed by atoms with Crippen molar-refractivity contribution in [3.63, 3.8) is 0 Å². The zero-order valence-corrected chi connectivity index (χ0v) is 5.35. The van der Waals surface area contributed by atoms with Crippen LogP contribution in [0.1, 0.15) is 0 Å². The lowest BCUT2D eigenvalue weighted by Gasteiger charge is -2.16. The molecule has 1 radical (unpaired) electrons. The molecule has 0 amide bonds. The minimum atomic E-state index is 0.979. The molecular weight excluding hydrogens is 108 g/mol. The molecule has 0 aromatic carbocycles. The zero-order chi connectivity index (χ0) is 6.85. The quantitative estimate of drug-likeness (QED) is 0.427. The van der Waals surface area contributed by atoms with E-state index in [0.717, 1.165) is 16.7 Å². The fourth-order valence-corrected chi connectivity index (χ4v) is 0.839. The van der Waals surface area contributed by atoms with Crippen molar-refractivity contribution < 1.29 is 0 Å². The first-order valence-corrected chi connectivity index (χ1v) is 2.79. The van der Waals surface area contributed by atoms with Gasteiger partial charge in [-0.1, -0.05) is 32.6 Å². The molecule has 0 N–H and O–H groups in total. The molecule has 0 nitrogen and oxygen atoms in total. The normalized spacial score (nSPS) is 18.9. The van der Waals surface area contributed by atoms with Crippen molar-refractivity contribution >= 4 is 0 Å². The minimum Gasteiger partial charge on any atom is -0.0952 e. The van der Waals surface area contributed by atoms with Gasteiger partial charge in [0.05, 0.1) is 0 Å². The molecule has 0 unspecified atom stereocenters. The Morgan fingerprint density at radius 2 is 2.00 bits per heavy atom. The van der Waals surface area contributed by atoms with Gasteiger partial charge in [-0.2, -0.15) is 0 Å². The van der Waals surface area contributed by atoms with E-state index in [9.17, 15) is 0 Å². The lowest BCUT2D eigenvalue weighted by Crippen LogP contribution is -2.00. The fraction of sp³-hybridized carbons (Fsp3) is 0. The Balaban J connectivity index is 2.64. The van der Waals surface area contributed by atoms with Crippen molar-refractivity contribution in [1.82, 2.24) is 0 Å². The predicted molar refractivity (Wildman–Crippen MR) is 40.3 cm³/mol. The highest BCUT2D eigenvalue weighted by molar-refractivity contribution is 5.52. The van der Waals surface area contributed by atoms with Crippen LogP contribution in [0.5, 0.6) is 0 Å². The molecule has 0 bridgehead atoms. The Labute approximate surface area is 56.6 Å². The standard InChI is InChI=1S/C9H9/c1-7-4-8(2)6-9(3)5-7/h4-6H,1-3H2. The van der Waals surface area contributed by atoms with Crippen LogP contribution in [-0.4, -0.2) is 0 Å². The van der Waals surface area contributed by atoms with Crippen molar-refractivity contribution in [2.75, 3.05) is 0 Å². The van der Waals surface area contributed by atoms with Gasteiger partial charge < -0.3 is 0 Å². The van der Waals surface area contributed by atoms with E-state index in [0.29, 0.717) is 0 Å². The largest absolute Gasteiger partial charge is 0.0952 e. The Morgan fingerprint density at radius 3 is 2.44 bits per heavy atom. The summed E-state index contributed by atoms with van der Waals surface area (Å²) in [7, 11) is 0. The van der Waals surface area contributed by atoms with Gasteiger partial charge in [0.2, 0.25) is 0 Å². The second-order valence-corrected chi connectivity index (χ2v) is 2.16. The summed E-state index contributed by atoms with van der Waals surface area (Å²) in [5, 5.41) is 0. The van der Waals surface area contributed by atoms with Gasteiger partial charge in [-0.05, 0) is 16.7 Å². The average molecular weight is 117 g/mol. The maximum absolute atomic E-state index is 3.76. The summed E-state index contributed by atoms with van der Waals surface area (Å²) in [5.41, 5.74) is 2.94. The highest BCUT2D eigenvalue weighted by atomic mass is 14.1. The van der Waals surface area contributed by atoms with Crippen LogP contribution in [0.2, 0.25) is 0 Å². The molecule has 0 saturated heterocycles. The van der Waals surface area contributed by atoms with Gasteiger partial charge in [0, 0.05) is 6.42 Å². The molecule has 0 heterocycles. The van der Waals surface area contributed by atoms with Crippen molar-refractivity contribution in [2.45, 2.75) is 0 Å². The molecule has 0 aliphatic heterocycles. The predicted octanol–water partition coefficient (Wildman–Crippen LogP) is 2.28. The number of allylic oxidation sites excluding steroid dienone is 3. The monoisotopic (exact) mass is 117 g/mol. The van der Waals surface area contributed by atoms with E-state index >= 15 is 0 Å². The third kappa shape index (κ3) is 1.43. The highest BCUT2D eigenvalue weighted by Gasteiger charge is 2.09. The van der Waals surface area contributed by atoms with E-state index in [4.69, 9.17) is 0 Å². The van der Waals surface area contributed by atoms with Gasteiger partial charge in [-0.15, -0.1) is 0 Å². The Hall–Kier alpha value is -1.04. The van der Waals surface area contributed by atoms with Gasteiger partial charge in [0.25, 0.3) is 0 Å². The second kappa shape index (κ2) is 2.06. The van der Waals surface area contributed by atoms with E-state index in [1.165, 1.54) is 0 Å². The lowest BCUT2D eigenvalue weighted by molar-refractivity contribution is 1.27. The van der Waals surface area contributed by atoms with Crippen LogP contribution in [0.25, 0.3) is 0 Å². The smallest absolute Gasteiger partial charge is 0.0187 e. The molecule has 45 valence electrons. The molecule has 0 aromatic heterocycles. The molecule has 0 atom stereocenters. The van der Waals surface area contributed by atoms with E-state index < -0.39 is 0 Å². The van der Waals surface area contributed by atoms with Crippen molar-refractivity contribution in [2.24, 2.45) is 0 Å². The molecule has 0 heteroatoms. The molecule has 1 saturated carbocycles. The van der Waals surface area contributed by atoms with Gasteiger partial charge in [-0.3, -0.25) is 0 Å². The summed E-state index contributed by atoms with van der Waals surface area (Å²) in [6.07, 6.45) is 5.78. The first-order valence-electron chi connectivity index (χ1n) is 2.79. The van der Waals surface area contributed by atoms with Crippen molar-refractivity contribution in [1.29, 1.82) is 0 Å². The van der Waals surface area contributed by atoms with Crippen LogP contribution in [-0.2, 0) is 0 Å². The van der Waals surface area contributed by atoms with E-state index in [1.54, 1.807) is 0 Å². The van der Waals surface area contributed by atoms with Crippen molar-refractivity contribution in [3.8, 4) is 0 Å². The summed E-state index contributed by atoms with van der Waals surface area (Å²) in [6, 6.07) is 0. The molecule has 1 rings (SSSR count). The van der Waals surface area contributed by atoms with Crippen LogP contribution in [0, 0.1) is 19.3 Å². The fourth-order valence-electron chi connectivity index (χ4n) is 0.839. The van der Waals surface area contributed by atoms with E-state index in [1.807, 2.05) is 19.3 Å². The van der Waals surface area contributed by atoms with Gasteiger partial charge in [0.15, 0.2) is 0 Å². The molecule has 9 heavy (non-hydrogen) atoms. The van der Waals surface area contributed by atoms with Gasteiger partial charge >= 0.3 is 0 Å². The SMILES string of the molecule is C=C1[CH]C(=C)[CH-]C(=C)[CH+]1. The van der Waals surface area contributed by atoms with E-state index in [-0.39, 0.29) is 0 Å². The minimum absolute atomic E-state index is 0.979. The third-order valence-corrected chi connectivity index (χ3v) is 1.11. The summed E-state index contributed by atoms with van der Waals surface area (Å²) < 4.78 is 0. The number of hydrogen-bond acceptors (Lipinski definition) is 0. The summed E-state index contributed by atoms with van der Waals surface area (Å²) in [4.78, 5) is 0. The first kappa shape index (κ1) is 6.09. The molecule has 0 aromatic rings. The summed E-state index contributed by atoms with van der Waals surface area (Å²) >= 11 is 0. The van der Waals surface area contributed by atoms with E-state index in [2.05, 4.69) is 19.7 Å². The Bertz CT molecular complexity index is 127. The maximum atomic E-state index is 3.76. The lowest BCUT2D eigenvalue weighted by atomic mass is 9.89. The van der Waals surface area contributed by atoms with Crippen molar-refractivity contribution in [3.05, 3.63) is 55.7 Å². The van der Waals surface area contributed by atoms with Crippen LogP contribution >= 0.6 is 0 Å². The van der Waals surface area contributed by atoms with Gasteiger partial charge in [0.1, 0.15) is 0 Å². The average Bonchev–Trinajstić information content (AvgIpc) is 1.59. The molecule has 1 aliphatic rings. The van der Waals surface area contributed by atoms with Gasteiger partial charge in [-0.25, -0.2) is 0 Å². The number of rotatable bonds is 0. The summed E-state index contributed by atoms with van der Waals surface area (Å²) in [6.45, 7) is 11.3. The molecule has 1 aliphatic carbocycles. The van der Waals surface area contributed by atoms with Crippen LogP contribution in [0.3, 0.4) is 0 Å². The highest BCUT2D eigenvalue weighted by Crippen LogP contribution is 2.25. The molecule has 1 fully saturated rings. The number of hydrogen-bond donors (Lipinski definition) is 0. The Kier molecular flexibility index (Phi) is 1.39. The summed E-state index contributed by atoms with van der Waals surface area (Å²) in [5.74, 6) is 0. The second-order valence-electron chi connectivity index (χ2n) is 2.16.